The third kappa shape index (κ3) is 7.46. The smallest absolute Gasteiger partial charge is 0.338 e. The first-order valence-electron chi connectivity index (χ1n) is 8.36. The van der Waals surface area contributed by atoms with Crippen LogP contribution in [0.25, 0.3) is 0 Å². The van der Waals surface area contributed by atoms with Gasteiger partial charge in [0.15, 0.2) is 14.4 Å². The minimum atomic E-state index is -2.16. The Hall–Kier alpha value is -0.923. The summed E-state index contributed by atoms with van der Waals surface area (Å²) in [5.41, 5.74) is -0.578. The maximum absolute atomic E-state index is 12.6. The Morgan fingerprint density at radius 2 is 1.80 bits per heavy atom. The Kier molecular flexibility index (Phi) is 7.24. The molecule has 0 aliphatic heterocycles. The lowest BCUT2D eigenvalue weighted by molar-refractivity contribution is -0.165. The predicted molar refractivity (Wildman–Crippen MR) is 105 cm³/mol. The number of ether oxygens (including phenoxy) is 2. The third-order valence-corrected chi connectivity index (χ3v) is 8.97. The van der Waals surface area contributed by atoms with E-state index in [4.69, 9.17) is 13.9 Å². The molecule has 142 valence electrons. The molecule has 0 aromatic carbocycles. The minimum absolute atomic E-state index is 0.0214. The van der Waals surface area contributed by atoms with Gasteiger partial charge in [0.2, 0.25) is 0 Å². The lowest BCUT2D eigenvalue weighted by Gasteiger charge is -2.38. The van der Waals surface area contributed by atoms with Crippen molar-refractivity contribution in [3.63, 3.8) is 0 Å². The monoisotopic (exact) mass is 431 g/mol. The van der Waals surface area contributed by atoms with Crippen LogP contribution in [0.2, 0.25) is 18.1 Å². The fourth-order valence-corrected chi connectivity index (χ4v) is 3.13. The van der Waals surface area contributed by atoms with E-state index in [2.05, 4.69) is 54.8 Å². The van der Waals surface area contributed by atoms with Crippen molar-refractivity contribution in [2.75, 3.05) is 6.61 Å². The van der Waals surface area contributed by atoms with E-state index in [9.17, 15) is 4.79 Å². The van der Waals surface area contributed by atoms with Crippen LogP contribution in [0, 0.1) is 0 Å². The molecule has 1 rings (SSSR count). The highest BCUT2D eigenvalue weighted by Gasteiger charge is 2.42. The molecule has 0 saturated heterocycles. The Morgan fingerprint density at radius 1 is 1.20 bits per heavy atom. The molecule has 0 amide bonds. The zero-order chi connectivity index (χ0) is 19.5. The normalized spacial score (nSPS) is 14.1. The molecule has 0 bridgehead atoms. The van der Waals surface area contributed by atoms with Gasteiger partial charge in [-0.05, 0) is 67.0 Å². The van der Waals surface area contributed by atoms with E-state index >= 15 is 0 Å². The molecular weight excluding hydrogens is 402 g/mol. The summed E-state index contributed by atoms with van der Waals surface area (Å²) in [7, 11) is -2.16. The van der Waals surface area contributed by atoms with Gasteiger partial charge in [-0.3, -0.25) is 0 Å². The molecule has 1 unspecified atom stereocenters. The van der Waals surface area contributed by atoms with E-state index in [1.54, 1.807) is 18.3 Å². The molecule has 7 heteroatoms. The summed E-state index contributed by atoms with van der Waals surface area (Å²) in [6, 6.07) is 3.57. The van der Waals surface area contributed by atoms with Gasteiger partial charge in [-0.1, -0.05) is 20.8 Å². The lowest BCUT2D eigenvalue weighted by atomic mass is 10.2. The molecule has 1 aromatic rings. The standard InChI is InChI=1S/C18H30BrNO4Si/c1-17(2,3)23-16(21)14(24-25(7,8)18(4,5)6)12-22-13-9-10-15(19)20-11-13/h9-11,14H,12H2,1-8H3. The van der Waals surface area contributed by atoms with Crippen LogP contribution < -0.4 is 4.74 Å². The average molecular weight is 432 g/mol. The number of halogens is 1. The first-order valence-corrected chi connectivity index (χ1v) is 12.1. The second-order valence-electron chi connectivity index (χ2n) is 8.53. The first kappa shape index (κ1) is 22.1. The van der Waals surface area contributed by atoms with Gasteiger partial charge in [0.25, 0.3) is 0 Å². The summed E-state index contributed by atoms with van der Waals surface area (Å²) < 4.78 is 18.2. The van der Waals surface area contributed by atoms with Crippen molar-refractivity contribution in [1.82, 2.24) is 4.98 Å². The van der Waals surface area contributed by atoms with Crippen molar-refractivity contribution in [3.8, 4) is 5.75 Å². The van der Waals surface area contributed by atoms with E-state index in [0.29, 0.717) is 5.75 Å². The highest BCUT2D eigenvalue weighted by molar-refractivity contribution is 9.10. The summed E-state index contributed by atoms with van der Waals surface area (Å²) in [4.78, 5) is 16.7. The fraction of sp³-hybridized carbons (Fsp3) is 0.667. The molecule has 0 saturated carbocycles. The summed E-state index contributed by atoms with van der Waals surface area (Å²) in [6.07, 6.45) is 0.825. The molecule has 0 aliphatic carbocycles. The van der Waals surface area contributed by atoms with Gasteiger partial charge in [0.1, 0.15) is 22.6 Å². The number of aromatic nitrogens is 1. The summed E-state index contributed by atoms with van der Waals surface area (Å²) in [6.45, 7) is 16.2. The second-order valence-corrected chi connectivity index (χ2v) is 14.1. The van der Waals surface area contributed by atoms with Crippen LogP contribution in [0.3, 0.4) is 0 Å². The number of pyridine rings is 1. The number of hydrogen-bond donors (Lipinski definition) is 0. The Balaban J connectivity index is 2.90. The van der Waals surface area contributed by atoms with Gasteiger partial charge in [-0.25, -0.2) is 9.78 Å². The van der Waals surface area contributed by atoms with E-state index in [1.807, 2.05) is 20.8 Å². The Bertz CT molecular complexity index is 576. The quantitative estimate of drug-likeness (QED) is 0.362. The SMILES string of the molecule is CC(C)(C)OC(=O)C(COc1ccc(Br)nc1)O[Si](C)(C)C(C)(C)C. The van der Waals surface area contributed by atoms with Gasteiger partial charge in [0.05, 0.1) is 6.20 Å². The zero-order valence-corrected chi connectivity index (χ0v) is 19.1. The Morgan fingerprint density at radius 3 is 2.24 bits per heavy atom. The molecule has 1 heterocycles. The highest BCUT2D eigenvalue weighted by atomic mass is 79.9. The molecular formula is C18H30BrNO4Si. The summed E-state index contributed by atoms with van der Waals surface area (Å²) in [5, 5.41) is -0.0214. The van der Waals surface area contributed by atoms with Gasteiger partial charge in [0, 0.05) is 0 Å². The summed E-state index contributed by atoms with van der Waals surface area (Å²) >= 11 is 3.28. The van der Waals surface area contributed by atoms with Crippen LogP contribution in [0.1, 0.15) is 41.5 Å². The number of carbonyl (C=O) groups excluding carboxylic acids is 1. The van der Waals surface area contributed by atoms with Crippen LogP contribution in [0.5, 0.6) is 5.75 Å². The van der Waals surface area contributed by atoms with Crippen LogP contribution in [-0.4, -0.2) is 37.6 Å². The number of nitrogens with zero attached hydrogens (tertiary/aromatic N) is 1. The van der Waals surface area contributed by atoms with Gasteiger partial charge < -0.3 is 13.9 Å². The second kappa shape index (κ2) is 8.18. The molecule has 25 heavy (non-hydrogen) atoms. The number of hydrogen-bond acceptors (Lipinski definition) is 5. The molecule has 1 atom stereocenters. The van der Waals surface area contributed by atoms with Gasteiger partial charge in [-0.15, -0.1) is 0 Å². The van der Waals surface area contributed by atoms with Crippen molar-refractivity contribution in [2.45, 2.75) is 71.4 Å². The number of rotatable bonds is 6. The van der Waals surface area contributed by atoms with Crippen LogP contribution in [-0.2, 0) is 14.0 Å². The Labute approximate surface area is 160 Å². The highest BCUT2D eigenvalue weighted by Crippen LogP contribution is 2.37. The molecule has 0 radical (unpaired) electrons. The van der Waals surface area contributed by atoms with Crippen LogP contribution >= 0.6 is 15.9 Å². The fourth-order valence-electron chi connectivity index (χ4n) is 1.67. The molecule has 0 spiro atoms. The number of carbonyl (C=O) groups is 1. The zero-order valence-electron chi connectivity index (χ0n) is 16.5. The van der Waals surface area contributed by atoms with Crippen molar-refractivity contribution >= 4 is 30.2 Å². The molecule has 0 aliphatic rings. The third-order valence-electron chi connectivity index (χ3n) is 4.01. The van der Waals surface area contributed by atoms with Gasteiger partial charge in [-0.2, -0.15) is 0 Å². The predicted octanol–water partition coefficient (Wildman–Crippen LogP) is 4.96. The minimum Gasteiger partial charge on any atom is -0.489 e. The lowest BCUT2D eigenvalue weighted by Crippen LogP contribution is -2.49. The van der Waals surface area contributed by atoms with Crippen LogP contribution in [0.15, 0.2) is 22.9 Å². The van der Waals surface area contributed by atoms with Crippen molar-refractivity contribution < 1.29 is 18.7 Å². The van der Waals surface area contributed by atoms with Crippen molar-refractivity contribution in [2.24, 2.45) is 0 Å². The van der Waals surface area contributed by atoms with E-state index < -0.39 is 26.0 Å². The van der Waals surface area contributed by atoms with E-state index in [0.717, 1.165) is 4.60 Å². The maximum Gasteiger partial charge on any atom is 0.338 e. The summed E-state index contributed by atoms with van der Waals surface area (Å²) in [5.74, 6) is 0.179. The van der Waals surface area contributed by atoms with E-state index in [-0.39, 0.29) is 11.6 Å². The average Bonchev–Trinajstić information content (AvgIpc) is 2.41. The molecule has 1 aromatic heterocycles. The van der Waals surface area contributed by atoms with E-state index in [1.165, 1.54) is 0 Å². The van der Waals surface area contributed by atoms with Crippen LogP contribution in [0.4, 0.5) is 0 Å². The topological polar surface area (TPSA) is 57.7 Å². The maximum atomic E-state index is 12.6. The number of esters is 1. The largest absolute Gasteiger partial charge is 0.489 e. The van der Waals surface area contributed by atoms with Crippen molar-refractivity contribution in [1.29, 1.82) is 0 Å². The van der Waals surface area contributed by atoms with Crippen molar-refractivity contribution in [3.05, 3.63) is 22.9 Å². The molecule has 0 fully saturated rings. The molecule has 0 N–H and O–H groups in total. The molecule has 5 nitrogen and oxygen atoms in total. The first-order chi connectivity index (χ1) is 11.2. The van der Waals surface area contributed by atoms with Gasteiger partial charge >= 0.3 is 5.97 Å².